The van der Waals surface area contributed by atoms with Crippen molar-refractivity contribution in [3.05, 3.63) is 65.2 Å². The number of benzene rings is 2. The van der Waals surface area contributed by atoms with Gasteiger partial charge in [0.2, 0.25) is 0 Å². The van der Waals surface area contributed by atoms with Crippen LogP contribution in [0.25, 0.3) is 0 Å². The number of hydrogen-bond donors (Lipinski definition) is 1. The molecule has 2 atom stereocenters. The van der Waals surface area contributed by atoms with Crippen LogP contribution in [0.1, 0.15) is 36.6 Å². The molecule has 0 bridgehead atoms. The smallest absolute Gasteiger partial charge is 0.125 e. The van der Waals surface area contributed by atoms with E-state index in [0.29, 0.717) is 6.04 Å². The molecule has 112 valence electrons. The van der Waals surface area contributed by atoms with Crippen LogP contribution >= 0.6 is 0 Å². The van der Waals surface area contributed by atoms with E-state index in [1.165, 1.54) is 16.7 Å². The van der Waals surface area contributed by atoms with Crippen LogP contribution in [-0.2, 0) is 0 Å². The standard InChI is InChI=1S/C19H25NO/c1-14-9-8-10-15(2)19(14)21-16(3)13-20-17(4)18-11-6-5-7-12-18/h5-12,16-17,20H,13H2,1-4H3. The molecular weight excluding hydrogens is 258 g/mol. The summed E-state index contributed by atoms with van der Waals surface area (Å²) in [5.74, 6) is 1.01. The normalized spacial score (nSPS) is 13.7. The topological polar surface area (TPSA) is 21.3 Å². The predicted molar refractivity (Wildman–Crippen MR) is 88.9 cm³/mol. The van der Waals surface area contributed by atoms with Crippen LogP contribution in [-0.4, -0.2) is 12.6 Å². The molecule has 2 aromatic rings. The number of para-hydroxylation sites is 1. The van der Waals surface area contributed by atoms with Crippen molar-refractivity contribution in [2.24, 2.45) is 0 Å². The number of nitrogens with one attached hydrogen (secondary N) is 1. The monoisotopic (exact) mass is 283 g/mol. The molecule has 0 aliphatic rings. The lowest BCUT2D eigenvalue weighted by molar-refractivity contribution is 0.210. The minimum Gasteiger partial charge on any atom is -0.489 e. The van der Waals surface area contributed by atoms with Gasteiger partial charge in [-0.05, 0) is 44.4 Å². The Labute approximate surface area is 128 Å². The summed E-state index contributed by atoms with van der Waals surface area (Å²) in [4.78, 5) is 0. The molecule has 0 radical (unpaired) electrons. The zero-order valence-corrected chi connectivity index (χ0v) is 13.4. The minimum absolute atomic E-state index is 0.135. The largest absolute Gasteiger partial charge is 0.489 e. The maximum absolute atomic E-state index is 6.10. The molecule has 0 spiro atoms. The first kappa shape index (κ1) is 15.6. The maximum Gasteiger partial charge on any atom is 0.125 e. The molecule has 0 aliphatic carbocycles. The van der Waals surface area contributed by atoms with Gasteiger partial charge in [-0.3, -0.25) is 0 Å². The Balaban J connectivity index is 1.89. The average Bonchev–Trinajstić information content (AvgIpc) is 2.49. The highest BCUT2D eigenvalue weighted by atomic mass is 16.5. The van der Waals surface area contributed by atoms with Crippen molar-refractivity contribution in [3.63, 3.8) is 0 Å². The Kier molecular flexibility index (Phi) is 5.40. The van der Waals surface area contributed by atoms with Crippen LogP contribution in [0, 0.1) is 13.8 Å². The van der Waals surface area contributed by atoms with Gasteiger partial charge in [0.05, 0.1) is 0 Å². The summed E-state index contributed by atoms with van der Waals surface area (Å²) in [7, 11) is 0. The summed E-state index contributed by atoms with van der Waals surface area (Å²) in [5, 5.41) is 3.53. The van der Waals surface area contributed by atoms with Gasteiger partial charge in [-0.15, -0.1) is 0 Å². The zero-order valence-electron chi connectivity index (χ0n) is 13.4. The molecule has 21 heavy (non-hydrogen) atoms. The number of aryl methyl sites for hydroxylation is 2. The average molecular weight is 283 g/mol. The molecule has 0 amide bonds. The number of ether oxygens (including phenoxy) is 1. The number of rotatable bonds is 6. The van der Waals surface area contributed by atoms with E-state index >= 15 is 0 Å². The molecule has 2 unspecified atom stereocenters. The van der Waals surface area contributed by atoms with Crippen molar-refractivity contribution in [1.82, 2.24) is 5.32 Å². The van der Waals surface area contributed by atoms with Gasteiger partial charge in [-0.1, -0.05) is 48.5 Å². The van der Waals surface area contributed by atoms with Gasteiger partial charge in [0.15, 0.2) is 0 Å². The van der Waals surface area contributed by atoms with Crippen molar-refractivity contribution in [2.45, 2.75) is 39.8 Å². The van der Waals surface area contributed by atoms with Gasteiger partial charge in [0.1, 0.15) is 11.9 Å². The third-order valence-corrected chi connectivity index (χ3v) is 3.74. The first-order valence-corrected chi connectivity index (χ1v) is 7.59. The summed E-state index contributed by atoms with van der Waals surface area (Å²) >= 11 is 0. The summed E-state index contributed by atoms with van der Waals surface area (Å²) < 4.78 is 6.10. The summed E-state index contributed by atoms with van der Waals surface area (Å²) in [6.45, 7) is 9.30. The minimum atomic E-state index is 0.135. The van der Waals surface area contributed by atoms with E-state index in [0.717, 1.165) is 12.3 Å². The highest BCUT2D eigenvalue weighted by molar-refractivity contribution is 5.39. The Morgan fingerprint density at radius 3 is 2.14 bits per heavy atom. The van der Waals surface area contributed by atoms with E-state index < -0.39 is 0 Å². The molecule has 2 rings (SSSR count). The molecule has 0 fully saturated rings. The second-order valence-electron chi connectivity index (χ2n) is 5.69. The van der Waals surface area contributed by atoms with Crippen LogP contribution in [0.5, 0.6) is 5.75 Å². The van der Waals surface area contributed by atoms with Crippen molar-refractivity contribution in [3.8, 4) is 5.75 Å². The van der Waals surface area contributed by atoms with Crippen LogP contribution in [0.2, 0.25) is 0 Å². The lowest BCUT2D eigenvalue weighted by atomic mass is 10.1. The van der Waals surface area contributed by atoms with E-state index in [2.05, 4.69) is 75.5 Å². The zero-order chi connectivity index (χ0) is 15.2. The van der Waals surface area contributed by atoms with Gasteiger partial charge in [-0.25, -0.2) is 0 Å². The molecule has 2 aromatic carbocycles. The number of hydrogen-bond acceptors (Lipinski definition) is 2. The third kappa shape index (κ3) is 4.33. The molecule has 2 heteroatoms. The third-order valence-electron chi connectivity index (χ3n) is 3.74. The quantitative estimate of drug-likeness (QED) is 0.847. The van der Waals surface area contributed by atoms with Gasteiger partial charge in [-0.2, -0.15) is 0 Å². The van der Waals surface area contributed by atoms with Crippen molar-refractivity contribution in [1.29, 1.82) is 0 Å². The van der Waals surface area contributed by atoms with Crippen LogP contribution in [0.4, 0.5) is 0 Å². The van der Waals surface area contributed by atoms with E-state index in [1.54, 1.807) is 0 Å². The predicted octanol–water partition coefficient (Wildman–Crippen LogP) is 4.42. The van der Waals surface area contributed by atoms with E-state index in [4.69, 9.17) is 4.74 Å². The fraction of sp³-hybridized carbons (Fsp3) is 0.368. The van der Waals surface area contributed by atoms with Gasteiger partial charge in [0.25, 0.3) is 0 Å². The van der Waals surface area contributed by atoms with Crippen molar-refractivity contribution >= 4 is 0 Å². The Bertz CT molecular complexity index is 545. The summed E-state index contributed by atoms with van der Waals surface area (Å²) in [5.41, 5.74) is 3.69. The molecular formula is C19H25NO. The van der Waals surface area contributed by atoms with Crippen LogP contribution < -0.4 is 10.1 Å². The Morgan fingerprint density at radius 2 is 1.52 bits per heavy atom. The van der Waals surface area contributed by atoms with Gasteiger partial charge in [0, 0.05) is 12.6 Å². The SMILES string of the molecule is Cc1cccc(C)c1OC(C)CNC(C)c1ccccc1. The Morgan fingerprint density at radius 1 is 0.905 bits per heavy atom. The summed E-state index contributed by atoms with van der Waals surface area (Å²) in [6, 6.07) is 17.1. The van der Waals surface area contributed by atoms with Gasteiger partial charge < -0.3 is 10.1 Å². The van der Waals surface area contributed by atoms with Crippen molar-refractivity contribution < 1.29 is 4.74 Å². The highest BCUT2D eigenvalue weighted by Crippen LogP contribution is 2.23. The fourth-order valence-corrected chi connectivity index (χ4v) is 2.43. The first-order chi connectivity index (χ1) is 10.1. The highest BCUT2D eigenvalue weighted by Gasteiger charge is 2.11. The molecule has 0 aliphatic heterocycles. The van der Waals surface area contributed by atoms with Gasteiger partial charge >= 0.3 is 0 Å². The molecule has 0 saturated carbocycles. The molecule has 0 heterocycles. The lowest BCUT2D eigenvalue weighted by Gasteiger charge is -2.21. The fourth-order valence-electron chi connectivity index (χ4n) is 2.43. The van der Waals surface area contributed by atoms with Crippen LogP contribution in [0.3, 0.4) is 0 Å². The van der Waals surface area contributed by atoms with E-state index in [1.807, 2.05) is 6.07 Å². The molecule has 0 saturated heterocycles. The molecule has 2 nitrogen and oxygen atoms in total. The second kappa shape index (κ2) is 7.28. The lowest BCUT2D eigenvalue weighted by Crippen LogP contribution is -2.31. The maximum atomic E-state index is 6.10. The van der Waals surface area contributed by atoms with E-state index in [9.17, 15) is 0 Å². The Hall–Kier alpha value is -1.80. The second-order valence-corrected chi connectivity index (χ2v) is 5.69. The van der Waals surface area contributed by atoms with Crippen LogP contribution in [0.15, 0.2) is 48.5 Å². The van der Waals surface area contributed by atoms with E-state index in [-0.39, 0.29) is 6.10 Å². The summed E-state index contributed by atoms with van der Waals surface area (Å²) in [6.07, 6.45) is 0.135. The molecule has 0 aromatic heterocycles. The first-order valence-electron chi connectivity index (χ1n) is 7.59. The van der Waals surface area contributed by atoms with Crippen molar-refractivity contribution in [2.75, 3.05) is 6.54 Å². The molecule has 1 N–H and O–H groups in total.